The summed E-state index contributed by atoms with van der Waals surface area (Å²) in [5.41, 5.74) is 5.81. The Kier molecular flexibility index (Phi) is 4.02. The third kappa shape index (κ3) is 2.72. The smallest absolute Gasteiger partial charge is 0.179 e. The monoisotopic (exact) mass is 374 g/mol. The summed E-state index contributed by atoms with van der Waals surface area (Å²) in [5, 5.41) is 20.3. The number of aromatic nitrogens is 4. The molecular weight excluding hydrogens is 352 g/mol. The van der Waals surface area contributed by atoms with Crippen LogP contribution in [0.25, 0.3) is 21.9 Å². The van der Waals surface area contributed by atoms with Crippen LogP contribution in [0, 0.1) is 6.92 Å². The lowest BCUT2D eigenvalue weighted by molar-refractivity contribution is 0.0952. The first-order valence-electron chi connectivity index (χ1n) is 9.73. The minimum Gasteiger partial charge on any atom is -0.389 e. The van der Waals surface area contributed by atoms with Gasteiger partial charge >= 0.3 is 0 Å². The van der Waals surface area contributed by atoms with E-state index in [1.807, 2.05) is 28.8 Å². The Balaban J connectivity index is 1.52. The van der Waals surface area contributed by atoms with Gasteiger partial charge in [0.25, 0.3) is 0 Å². The average molecular weight is 374 g/mol. The Labute approximate surface area is 162 Å². The Morgan fingerprint density at radius 3 is 2.86 bits per heavy atom. The molecule has 0 saturated carbocycles. The fourth-order valence-electron chi connectivity index (χ4n) is 4.36. The summed E-state index contributed by atoms with van der Waals surface area (Å²) in [6, 6.07) is 14.0. The second kappa shape index (κ2) is 6.56. The summed E-state index contributed by atoms with van der Waals surface area (Å²) >= 11 is 0. The molecule has 0 unspecified atom stereocenters. The van der Waals surface area contributed by atoms with Gasteiger partial charge in [0.15, 0.2) is 5.78 Å². The molecule has 142 valence electrons. The fraction of sp³-hybridized carbons (Fsp3) is 0.318. The highest BCUT2D eigenvalue weighted by Crippen LogP contribution is 2.33. The Bertz CT molecular complexity index is 1200. The number of hydrogen-bond donors (Lipinski definition) is 1. The quantitative estimate of drug-likeness (QED) is 0.595. The van der Waals surface area contributed by atoms with Crippen LogP contribution in [0.3, 0.4) is 0 Å². The van der Waals surface area contributed by atoms with Crippen molar-refractivity contribution in [3.63, 3.8) is 0 Å². The maximum atomic E-state index is 12.7. The zero-order valence-corrected chi connectivity index (χ0v) is 15.8. The molecule has 6 nitrogen and oxygen atoms in total. The van der Waals surface area contributed by atoms with Gasteiger partial charge < -0.3 is 9.67 Å². The second-order valence-electron chi connectivity index (χ2n) is 7.65. The maximum absolute atomic E-state index is 12.7. The van der Waals surface area contributed by atoms with Gasteiger partial charge in [-0.15, -0.1) is 5.10 Å². The van der Waals surface area contributed by atoms with Gasteiger partial charge in [-0.05, 0) is 49.6 Å². The van der Waals surface area contributed by atoms with Crippen molar-refractivity contribution in [1.82, 2.24) is 19.6 Å². The van der Waals surface area contributed by atoms with Gasteiger partial charge in [-0.3, -0.25) is 4.79 Å². The van der Waals surface area contributed by atoms with E-state index >= 15 is 0 Å². The minimum absolute atomic E-state index is 0.175. The molecule has 0 saturated heterocycles. The van der Waals surface area contributed by atoms with Crippen LogP contribution >= 0.6 is 0 Å². The largest absolute Gasteiger partial charge is 0.389 e. The molecule has 0 bridgehead atoms. The van der Waals surface area contributed by atoms with Gasteiger partial charge in [-0.1, -0.05) is 29.0 Å². The number of para-hydroxylation sites is 1. The number of fused-ring (bicyclic) bond motifs is 4. The number of benzene rings is 2. The summed E-state index contributed by atoms with van der Waals surface area (Å²) in [6.45, 7) is 2.75. The average Bonchev–Trinajstić information content (AvgIpc) is 3.22. The number of aryl methyl sites for hydroxylation is 2. The molecule has 0 spiro atoms. The second-order valence-corrected chi connectivity index (χ2v) is 7.65. The first kappa shape index (κ1) is 17.1. The summed E-state index contributed by atoms with van der Waals surface area (Å²) in [6.07, 6.45) is 1.71. The number of carbonyl (C=O) groups excluding carboxylic acids is 1. The van der Waals surface area contributed by atoms with Crippen molar-refractivity contribution in [3.8, 4) is 0 Å². The van der Waals surface area contributed by atoms with Crippen molar-refractivity contribution in [2.75, 3.05) is 0 Å². The van der Waals surface area contributed by atoms with Crippen molar-refractivity contribution >= 4 is 27.7 Å². The molecule has 6 heteroatoms. The maximum Gasteiger partial charge on any atom is 0.179 e. The van der Waals surface area contributed by atoms with Crippen molar-refractivity contribution in [3.05, 3.63) is 59.3 Å². The van der Waals surface area contributed by atoms with Crippen LogP contribution in [0.4, 0.5) is 0 Å². The van der Waals surface area contributed by atoms with E-state index in [1.165, 1.54) is 5.56 Å². The molecule has 0 aliphatic heterocycles. The molecule has 2 aromatic heterocycles. The Morgan fingerprint density at radius 1 is 1.11 bits per heavy atom. The lowest BCUT2D eigenvalue weighted by Crippen LogP contribution is -2.25. The summed E-state index contributed by atoms with van der Waals surface area (Å²) in [7, 11) is 0. The van der Waals surface area contributed by atoms with Crippen LogP contribution in [-0.2, 0) is 19.5 Å². The van der Waals surface area contributed by atoms with Gasteiger partial charge in [-0.25, -0.2) is 4.68 Å². The van der Waals surface area contributed by atoms with E-state index in [0.29, 0.717) is 19.5 Å². The van der Waals surface area contributed by atoms with E-state index < -0.39 is 6.10 Å². The number of rotatable bonds is 4. The van der Waals surface area contributed by atoms with Crippen LogP contribution in [0.2, 0.25) is 0 Å². The van der Waals surface area contributed by atoms with Crippen LogP contribution in [-0.4, -0.2) is 36.6 Å². The normalized spacial score (nSPS) is 15.3. The highest BCUT2D eigenvalue weighted by Gasteiger charge is 2.27. The Hall–Kier alpha value is -2.99. The number of ketones is 1. The van der Waals surface area contributed by atoms with E-state index in [4.69, 9.17) is 0 Å². The zero-order chi connectivity index (χ0) is 19.3. The first-order chi connectivity index (χ1) is 13.6. The lowest BCUT2D eigenvalue weighted by Gasteiger charge is -2.18. The van der Waals surface area contributed by atoms with Crippen molar-refractivity contribution < 1.29 is 9.90 Å². The lowest BCUT2D eigenvalue weighted by atomic mass is 9.94. The van der Waals surface area contributed by atoms with E-state index in [0.717, 1.165) is 46.0 Å². The molecule has 1 atom stereocenters. The van der Waals surface area contributed by atoms with E-state index in [1.54, 1.807) is 4.68 Å². The van der Waals surface area contributed by atoms with Crippen LogP contribution in [0.15, 0.2) is 42.5 Å². The van der Waals surface area contributed by atoms with Crippen LogP contribution in [0.5, 0.6) is 0 Å². The van der Waals surface area contributed by atoms with Gasteiger partial charge in [0, 0.05) is 17.3 Å². The zero-order valence-electron chi connectivity index (χ0n) is 15.8. The molecule has 0 amide bonds. The highest BCUT2D eigenvalue weighted by atomic mass is 16.3. The summed E-state index contributed by atoms with van der Waals surface area (Å²) in [4.78, 5) is 12.7. The third-order valence-corrected chi connectivity index (χ3v) is 5.62. The van der Waals surface area contributed by atoms with Crippen LogP contribution in [0.1, 0.15) is 34.5 Å². The fourth-order valence-corrected chi connectivity index (χ4v) is 4.36. The molecule has 1 aliphatic rings. The predicted octanol–water partition coefficient (Wildman–Crippen LogP) is 3.27. The Morgan fingerprint density at radius 2 is 1.96 bits per heavy atom. The molecule has 4 aromatic rings. The van der Waals surface area contributed by atoms with Crippen LogP contribution < -0.4 is 0 Å². The van der Waals surface area contributed by atoms with Gasteiger partial charge in [-0.2, -0.15) is 0 Å². The molecule has 5 rings (SSSR count). The summed E-state index contributed by atoms with van der Waals surface area (Å²) < 4.78 is 3.74. The molecule has 28 heavy (non-hydrogen) atoms. The predicted molar refractivity (Wildman–Crippen MR) is 107 cm³/mol. The number of hydrogen-bond acceptors (Lipinski definition) is 4. The molecule has 1 N–H and O–H groups in total. The van der Waals surface area contributed by atoms with Crippen molar-refractivity contribution in [2.24, 2.45) is 0 Å². The molecular formula is C22H22N4O2. The molecule has 0 radical (unpaired) electrons. The van der Waals surface area contributed by atoms with Crippen molar-refractivity contribution in [1.29, 1.82) is 0 Å². The van der Waals surface area contributed by atoms with E-state index in [9.17, 15) is 9.90 Å². The van der Waals surface area contributed by atoms with Crippen molar-refractivity contribution in [2.45, 2.75) is 45.4 Å². The number of Topliss-reactive ketones (excluding diaryl/α,β-unsaturated/α-hetero) is 1. The van der Waals surface area contributed by atoms with Gasteiger partial charge in [0.05, 0.1) is 30.4 Å². The molecule has 1 aliphatic carbocycles. The molecule has 2 aromatic carbocycles. The number of carbonyl (C=O) groups is 1. The third-order valence-electron chi connectivity index (χ3n) is 5.62. The topological polar surface area (TPSA) is 72.9 Å². The first-order valence-corrected chi connectivity index (χ1v) is 9.73. The standard InChI is InChI=1S/C22H22N4O2/c1-14-9-10-19-17(11-14)16-5-4-8-21(28)22(16)25(19)12-15(27)13-26-20-7-3-2-6-18(20)23-24-26/h2-3,6-7,9-11,15,27H,4-5,8,12-13H2,1H3/t15-/m1/s1. The highest BCUT2D eigenvalue weighted by molar-refractivity contribution is 6.04. The number of nitrogens with zero attached hydrogens (tertiary/aromatic N) is 4. The van der Waals surface area contributed by atoms with Gasteiger partial charge in [0.2, 0.25) is 0 Å². The van der Waals surface area contributed by atoms with Gasteiger partial charge in [0.1, 0.15) is 5.52 Å². The molecule has 0 fully saturated rings. The SMILES string of the molecule is Cc1ccc2c(c1)c1c(n2C[C@@H](O)Cn2nnc3ccccc32)C(=O)CCC1. The number of aliphatic hydroxyl groups is 1. The van der Waals surface area contributed by atoms with E-state index in [2.05, 4.69) is 35.4 Å². The number of aliphatic hydroxyl groups excluding tert-OH is 1. The minimum atomic E-state index is -0.680. The van der Waals surface area contributed by atoms with E-state index in [-0.39, 0.29) is 5.78 Å². The summed E-state index contributed by atoms with van der Waals surface area (Å²) in [5.74, 6) is 0.175. The molecule has 2 heterocycles.